The minimum absolute atomic E-state index is 0.710. The summed E-state index contributed by atoms with van der Waals surface area (Å²) < 4.78 is 2.52. The number of hydrogen-bond donors (Lipinski definition) is 2. The average molecular weight is 543 g/mol. The topological polar surface area (TPSA) is 57.4 Å². The minimum Gasteiger partial charge on any atom is -0.354 e. The van der Waals surface area contributed by atoms with Crippen LogP contribution in [0.15, 0.2) is 121 Å². The number of nitrogens with one attached hydrogen (secondary N) is 2. The Labute approximate surface area is 238 Å². The Hall–Kier alpha value is -5.26. The molecule has 5 heteroatoms. The van der Waals surface area contributed by atoms with E-state index in [2.05, 4.69) is 106 Å². The molecule has 0 unspecified atom stereocenters. The molecule has 0 amide bonds. The van der Waals surface area contributed by atoms with Crippen LogP contribution < -0.4 is 0 Å². The number of aromatic nitrogens is 4. The highest BCUT2D eigenvalue weighted by Gasteiger charge is 2.19. The predicted molar refractivity (Wildman–Crippen MR) is 172 cm³/mol. The largest absolute Gasteiger partial charge is 0.354 e. The van der Waals surface area contributed by atoms with Crippen molar-refractivity contribution < 1.29 is 0 Å². The van der Waals surface area contributed by atoms with Crippen molar-refractivity contribution in [1.82, 2.24) is 20.2 Å². The van der Waals surface area contributed by atoms with Crippen LogP contribution >= 0.6 is 11.3 Å². The summed E-state index contributed by atoms with van der Waals surface area (Å²) in [6.45, 7) is 0. The number of H-pyrrole nitrogens is 2. The molecule has 0 saturated carbocycles. The molecule has 4 nitrogen and oxygen atoms in total. The molecule has 0 aliphatic rings. The number of thiophene rings is 1. The zero-order valence-electron chi connectivity index (χ0n) is 21.8. The summed E-state index contributed by atoms with van der Waals surface area (Å²) in [6, 6.07) is 42.9. The molecule has 0 aliphatic carbocycles. The van der Waals surface area contributed by atoms with Crippen LogP contribution in [0.4, 0.5) is 0 Å². The van der Waals surface area contributed by atoms with Crippen LogP contribution in [0.25, 0.3) is 86.7 Å². The Morgan fingerprint density at radius 2 is 1.29 bits per heavy atom. The molecule has 0 radical (unpaired) electrons. The number of nitrogens with zero attached hydrogens (tertiary/aromatic N) is 2. The lowest BCUT2D eigenvalue weighted by molar-refractivity contribution is 1.10. The lowest BCUT2D eigenvalue weighted by Gasteiger charge is -2.11. The minimum atomic E-state index is 0.710. The Morgan fingerprint density at radius 3 is 2.20 bits per heavy atom. The van der Waals surface area contributed by atoms with Gasteiger partial charge < -0.3 is 4.98 Å². The second-order valence-electron chi connectivity index (χ2n) is 10.4. The van der Waals surface area contributed by atoms with Gasteiger partial charge in [-0.1, -0.05) is 103 Å². The van der Waals surface area contributed by atoms with Gasteiger partial charge in [-0.05, 0) is 29.1 Å². The van der Waals surface area contributed by atoms with E-state index < -0.39 is 0 Å². The average Bonchev–Trinajstić information content (AvgIpc) is 3.77. The van der Waals surface area contributed by atoms with E-state index >= 15 is 0 Å². The maximum atomic E-state index is 4.93. The molecular formula is C36H22N4S. The van der Waals surface area contributed by atoms with Crippen molar-refractivity contribution in [2.24, 2.45) is 0 Å². The van der Waals surface area contributed by atoms with E-state index in [1.807, 2.05) is 41.7 Å². The third-order valence-electron chi connectivity index (χ3n) is 8.11. The molecule has 3 aromatic heterocycles. The SMILES string of the molecule is c1ccc(-c2nc(-c3cccc4sc5c6ccccc6c(-c6cccc7c6[nH]c6ccccc67)cc5c34)n[nH]2)cc1. The number of para-hydroxylation sites is 2. The summed E-state index contributed by atoms with van der Waals surface area (Å²) in [5, 5.41) is 15.3. The first-order valence-corrected chi connectivity index (χ1v) is 14.5. The van der Waals surface area contributed by atoms with Crippen molar-refractivity contribution in [3.05, 3.63) is 121 Å². The zero-order valence-corrected chi connectivity index (χ0v) is 22.7. The van der Waals surface area contributed by atoms with Gasteiger partial charge in [0.25, 0.3) is 0 Å². The fourth-order valence-electron chi connectivity index (χ4n) is 6.26. The summed E-state index contributed by atoms with van der Waals surface area (Å²) in [5.41, 5.74) is 6.81. The van der Waals surface area contributed by atoms with Gasteiger partial charge >= 0.3 is 0 Å². The summed E-state index contributed by atoms with van der Waals surface area (Å²) >= 11 is 1.84. The third-order valence-corrected chi connectivity index (χ3v) is 9.31. The highest BCUT2D eigenvalue weighted by molar-refractivity contribution is 7.26. The second-order valence-corrected chi connectivity index (χ2v) is 11.5. The molecule has 0 atom stereocenters. The van der Waals surface area contributed by atoms with Gasteiger partial charge in [0, 0.05) is 58.5 Å². The summed E-state index contributed by atoms with van der Waals surface area (Å²) in [4.78, 5) is 8.65. The van der Waals surface area contributed by atoms with Crippen molar-refractivity contribution >= 4 is 64.1 Å². The quantitative estimate of drug-likeness (QED) is 0.233. The lowest BCUT2D eigenvalue weighted by atomic mass is 9.93. The summed E-state index contributed by atoms with van der Waals surface area (Å²) in [7, 11) is 0. The van der Waals surface area contributed by atoms with Gasteiger partial charge in [0.15, 0.2) is 11.6 Å². The second kappa shape index (κ2) is 8.62. The highest BCUT2D eigenvalue weighted by atomic mass is 32.1. The van der Waals surface area contributed by atoms with Crippen LogP contribution in [0.1, 0.15) is 0 Å². The van der Waals surface area contributed by atoms with Crippen LogP contribution in [-0.2, 0) is 0 Å². The molecule has 9 aromatic rings. The molecule has 0 aliphatic heterocycles. The normalized spacial score (nSPS) is 11.9. The van der Waals surface area contributed by atoms with Gasteiger partial charge in [-0.15, -0.1) is 11.3 Å². The number of hydrogen-bond acceptors (Lipinski definition) is 3. The van der Waals surface area contributed by atoms with E-state index in [0.29, 0.717) is 5.82 Å². The highest BCUT2D eigenvalue weighted by Crippen LogP contribution is 2.46. The van der Waals surface area contributed by atoms with Crippen LogP contribution in [0.2, 0.25) is 0 Å². The predicted octanol–water partition coefficient (Wildman–Crippen LogP) is 9.96. The lowest BCUT2D eigenvalue weighted by Crippen LogP contribution is -1.86. The molecule has 0 spiro atoms. The molecular weight excluding hydrogens is 520 g/mol. The van der Waals surface area contributed by atoms with Crippen molar-refractivity contribution in [1.29, 1.82) is 0 Å². The molecule has 3 heterocycles. The maximum absolute atomic E-state index is 4.93. The van der Waals surface area contributed by atoms with E-state index in [-0.39, 0.29) is 0 Å². The molecule has 6 aromatic carbocycles. The van der Waals surface area contributed by atoms with Crippen molar-refractivity contribution in [3.63, 3.8) is 0 Å². The fourth-order valence-corrected chi connectivity index (χ4v) is 7.51. The molecule has 41 heavy (non-hydrogen) atoms. The monoisotopic (exact) mass is 542 g/mol. The zero-order chi connectivity index (χ0) is 26.9. The van der Waals surface area contributed by atoms with Crippen molar-refractivity contribution in [2.45, 2.75) is 0 Å². The van der Waals surface area contributed by atoms with E-state index in [0.717, 1.165) is 22.5 Å². The Bertz CT molecular complexity index is 2430. The smallest absolute Gasteiger partial charge is 0.182 e. The first-order chi connectivity index (χ1) is 20.3. The number of rotatable bonds is 3. The first-order valence-electron chi connectivity index (χ1n) is 13.7. The van der Waals surface area contributed by atoms with E-state index in [1.54, 1.807) is 0 Å². The van der Waals surface area contributed by atoms with Gasteiger partial charge in [-0.2, -0.15) is 5.10 Å². The standard InChI is InChI=1S/C36H22N4S/c1-2-10-21(11-3-1)35-38-36(40-39-35)27-17-9-19-31-32(27)29-20-28(22-12-4-5-14-26(22)34(29)41-31)25-16-8-15-24-23-13-6-7-18-30(23)37-33(24)25/h1-20,37H,(H,38,39,40). The summed E-state index contributed by atoms with van der Waals surface area (Å²) in [6.07, 6.45) is 0. The van der Waals surface area contributed by atoms with Crippen molar-refractivity contribution in [2.75, 3.05) is 0 Å². The van der Waals surface area contributed by atoms with Crippen LogP contribution in [0, 0.1) is 0 Å². The third kappa shape index (κ3) is 3.33. The maximum Gasteiger partial charge on any atom is 0.182 e. The van der Waals surface area contributed by atoms with Gasteiger partial charge in [0.2, 0.25) is 0 Å². The Morgan fingerprint density at radius 1 is 0.561 bits per heavy atom. The fraction of sp³-hybridized carbons (Fsp3) is 0. The number of benzene rings is 6. The van der Waals surface area contributed by atoms with Gasteiger partial charge in [0.05, 0.1) is 5.52 Å². The molecule has 0 bridgehead atoms. The molecule has 0 saturated heterocycles. The molecule has 192 valence electrons. The van der Waals surface area contributed by atoms with Gasteiger partial charge in [-0.3, -0.25) is 5.10 Å². The van der Waals surface area contributed by atoms with Crippen LogP contribution in [-0.4, -0.2) is 20.2 Å². The molecule has 9 rings (SSSR count). The van der Waals surface area contributed by atoms with Crippen LogP contribution in [0.5, 0.6) is 0 Å². The van der Waals surface area contributed by atoms with Crippen molar-refractivity contribution in [3.8, 4) is 33.9 Å². The van der Waals surface area contributed by atoms with E-state index in [4.69, 9.17) is 4.98 Å². The van der Waals surface area contributed by atoms with E-state index in [1.165, 1.54) is 58.4 Å². The molecule has 2 N–H and O–H groups in total. The van der Waals surface area contributed by atoms with Gasteiger partial charge in [0.1, 0.15) is 0 Å². The molecule has 0 fully saturated rings. The van der Waals surface area contributed by atoms with E-state index in [9.17, 15) is 0 Å². The first kappa shape index (κ1) is 22.5. The van der Waals surface area contributed by atoms with Gasteiger partial charge in [-0.25, -0.2) is 4.98 Å². The number of aromatic amines is 2. The van der Waals surface area contributed by atoms with Crippen LogP contribution in [0.3, 0.4) is 0 Å². The Kier molecular flexibility index (Phi) is 4.74. The summed E-state index contributed by atoms with van der Waals surface area (Å²) in [5.74, 6) is 1.48. The Balaban J connectivity index is 1.35. The number of fused-ring (bicyclic) bond motifs is 8.